The van der Waals surface area contributed by atoms with Gasteiger partial charge in [-0.15, -0.1) is 0 Å². The number of hydrogen-bond acceptors (Lipinski definition) is 3. The fraction of sp³-hybridized carbons (Fsp3) is 0.0625. The van der Waals surface area contributed by atoms with Crippen LogP contribution in [0.25, 0.3) is 10.4 Å². The summed E-state index contributed by atoms with van der Waals surface area (Å²) in [4.78, 5) is 12.7. The Morgan fingerprint density at radius 2 is 1.55 bits per heavy atom. The van der Waals surface area contributed by atoms with E-state index < -0.39 is 0 Å². The lowest BCUT2D eigenvalue weighted by molar-refractivity contribution is 0.469. The van der Waals surface area contributed by atoms with Gasteiger partial charge in [0.05, 0.1) is 11.4 Å². The van der Waals surface area contributed by atoms with Crippen LogP contribution < -0.4 is 5.56 Å². The predicted octanol–water partition coefficient (Wildman–Crippen LogP) is 3.33. The highest BCUT2D eigenvalue weighted by molar-refractivity contribution is 7.10. The molecule has 0 spiro atoms. The average molecular weight is 283 g/mol. The quantitative estimate of drug-likeness (QED) is 0.801. The molecule has 1 heterocycles. The summed E-state index contributed by atoms with van der Waals surface area (Å²) in [5.74, 6) is -0.169. The van der Waals surface area contributed by atoms with Gasteiger partial charge in [-0.3, -0.25) is 8.75 Å². The van der Waals surface area contributed by atoms with Gasteiger partial charge in [0.2, 0.25) is 5.75 Å². The van der Waals surface area contributed by atoms with Crippen LogP contribution in [0.15, 0.2) is 65.5 Å². The van der Waals surface area contributed by atoms with E-state index in [1.807, 2.05) is 60.7 Å². The Morgan fingerprint density at radius 1 is 0.950 bits per heavy atom. The SMILES string of the molecule is O=c1c(O)c(-c2ccccc2)sn1Cc1ccccc1. The van der Waals surface area contributed by atoms with Gasteiger partial charge in [-0.1, -0.05) is 72.2 Å². The van der Waals surface area contributed by atoms with E-state index in [4.69, 9.17) is 0 Å². The summed E-state index contributed by atoms with van der Waals surface area (Å²) >= 11 is 1.29. The highest BCUT2D eigenvalue weighted by Gasteiger charge is 2.15. The first kappa shape index (κ1) is 12.7. The molecule has 0 aliphatic carbocycles. The molecule has 0 radical (unpaired) electrons. The highest BCUT2D eigenvalue weighted by atomic mass is 32.1. The Kier molecular flexibility index (Phi) is 3.39. The van der Waals surface area contributed by atoms with Gasteiger partial charge in [-0.25, -0.2) is 0 Å². The number of nitrogens with zero attached hydrogens (tertiary/aromatic N) is 1. The Hall–Kier alpha value is -2.33. The summed E-state index contributed by atoms with van der Waals surface area (Å²) in [6.07, 6.45) is 0. The summed E-state index contributed by atoms with van der Waals surface area (Å²) in [6, 6.07) is 19.2. The zero-order valence-corrected chi connectivity index (χ0v) is 11.5. The monoisotopic (exact) mass is 283 g/mol. The molecule has 20 heavy (non-hydrogen) atoms. The Balaban J connectivity index is 2.01. The Bertz CT molecular complexity index is 760. The van der Waals surface area contributed by atoms with Crippen molar-refractivity contribution in [3.8, 4) is 16.2 Å². The summed E-state index contributed by atoms with van der Waals surface area (Å²) in [6.45, 7) is 0.477. The van der Waals surface area contributed by atoms with Crippen molar-refractivity contribution < 1.29 is 5.11 Å². The number of aromatic nitrogens is 1. The van der Waals surface area contributed by atoms with Crippen LogP contribution in [0.1, 0.15) is 5.56 Å². The normalized spacial score (nSPS) is 10.6. The molecule has 1 N–H and O–H groups in total. The molecule has 0 bridgehead atoms. The number of rotatable bonds is 3. The van der Waals surface area contributed by atoms with Crippen LogP contribution in [0.4, 0.5) is 0 Å². The van der Waals surface area contributed by atoms with Crippen LogP contribution in [0.3, 0.4) is 0 Å². The van der Waals surface area contributed by atoms with E-state index >= 15 is 0 Å². The van der Waals surface area contributed by atoms with Crippen molar-refractivity contribution in [3.63, 3.8) is 0 Å². The van der Waals surface area contributed by atoms with Gasteiger partial charge in [-0.05, 0) is 11.1 Å². The fourth-order valence-electron chi connectivity index (χ4n) is 2.04. The number of benzene rings is 2. The first-order chi connectivity index (χ1) is 9.75. The molecule has 0 atom stereocenters. The van der Waals surface area contributed by atoms with Crippen LogP contribution >= 0.6 is 11.5 Å². The van der Waals surface area contributed by atoms with Gasteiger partial charge in [0.25, 0.3) is 0 Å². The van der Waals surface area contributed by atoms with Crippen molar-refractivity contribution in [3.05, 3.63) is 76.6 Å². The second-order valence-corrected chi connectivity index (χ2v) is 5.49. The molecule has 4 heteroatoms. The third-order valence-electron chi connectivity index (χ3n) is 3.05. The molecule has 100 valence electrons. The molecule has 2 aromatic carbocycles. The standard InChI is InChI=1S/C16H13NO2S/c18-14-15(13-9-5-2-6-10-13)20-17(16(14)19)11-12-7-3-1-4-8-12/h1-10,18H,11H2. The van der Waals surface area contributed by atoms with Crippen molar-refractivity contribution in [2.45, 2.75) is 6.54 Å². The van der Waals surface area contributed by atoms with Gasteiger partial charge in [0.15, 0.2) is 0 Å². The van der Waals surface area contributed by atoms with Crippen molar-refractivity contribution in [1.82, 2.24) is 3.96 Å². The van der Waals surface area contributed by atoms with Gasteiger partial charge in [0, 0.05) is 0 Å². The molecular formula is C16H13NO2S. The molecule has 0 saturated carbocycles. The minimum absolute atomic E-state index is 0.169. The maximum atomic E-state index is 12.1. The first-order valence-corrected chi connectivity index (χ1v) is 7.05. The van der Waals surface area contributed by atoms with Crippen LogP contribution in [0.2, 0.25) is 0 Å². The molecule has 0 fully saturated rings. The molecule has 3 nitrogen and oxygen atoms in total. The lowest BCUT2D eigenvalue weighted by Crippen LogP contribution is -2.13. The number of hydrogen-bond donors (Lipinski definition) is 1. The van der Waals surface area contributed by atoms with E-state index in [0.717, 1.165) is 11.1 Å². The van der Waals surface area contributed by atoms with Gasteiger partial charge in [0.1, 0.15) is 0 Å². The average Bonchev–Trinajstić information content (AvgIpc) is 2.78. The fourth-order valence-corrected chi connectivity index (χ4v) is 3.06. The van der Waals surface area contributed by atoms with Crippen molar-refractivity contribution >= 4 is 11.5 Å². The molecule has 3 aromatic rings. The topological polar surface area (TPSA) is 42.2 Å². The maximum Gasteiger partial charge on any atom is 0.303 e. The van der Waals surface area contributed by atoms with Crippen molar-refractivity contribution in [2.75, 3.05) is 0 Å². The van der Waals surface area contributed by atoms with E-state index in [-0.39, 0.29) is 11.3 Å². The molecule has 0 aliphatic heterocycles. The largest absolute Gasteiger partial charge is 0.502 e. The highest BCUT2D eigenvalue weighted by Crippen LogP contribution is 2.31. The lowest BCUT2D eigenvalue weighted by Gasteiger charge is -2.00. The molecule has 0 aliphatic rings. The van der Waals surface area contributed by atoms with Gasteiger partial charge < -0.3 is 5.11 Å². The molecule has 1 aromatic heterocycles. The van der Waals surface area contributed by atoms with Crippen LogP contribution in [-0.2, 0) is 6.54 Å². The number of aromatic hydroxyl groups is 1. The lowest BCUT2D eigenvalue weighted by atomic mass is 10.2. The molecule has 0 unspecified atom stereocenters. The van der Waals surface area contributed by atoms with E-state index in [0.29, 0.717) is 11.4 Å². The van der Waals surface area contributed by atoms with Crippen LogP contribution in [0.5, 0.6) is 5.75 Å². The minimum atomic E-state index is -0.335. The second kappa shape index (κ2) is 5.35. The Labute approximate surface area is 120 Å². The first-order valence-electron chi connectivity index (χ1n) is 6.28. The van der Waals surface area contributed by atoms with Gasteiger partial charge >= 0.3 is 5.56 Å². The van der Waals surface area contributed by atoms with Crippen LogP contribution in [-0.4, -0.2) is 9.06 Å². The third kappa shape index (κ3) is 2.38. The van der Waals surface area contributed by atoms with E-state index in [1.54, 1.807) is 3.96 Å². The van der Waals surface area contributed by atoms with E-state index in [2.05, 4.69) is 0 Å². The van der Waals surface area contributed by atoms with E-state index in [1.165, 1.54) is 11.5 Å². The second-order valence-electron chi connectivity index (χ2n) is 4.46. The predicted molar refractivity (Wildman–Crippen MR) is 81.2 cm³/mol. The van der Waals surface area contributed by atoms with Crippen molar-refractivity contribution in [1.29, 1.82) is 0 Å². The molecule has 0 saturated heterocycles. The molecule has 3 rings (SSSR count). The summed E-state index contributed by atoms with van der Waals surface area (Å²) in [5.41, 5.74) is 1.56. The Morgan fingerprint density at radius 3 is 2.20 bits per heavy atom. The third-order valence-corrected chi connectivity index (χ3v) is 4.18. The zero-order chi connectivity index (χ0) is 13.9. The maximum absolute atomic E-state index is 12.1. The summed E-state index contributed by atoms with van der Waals surface area (Å²) in [7, 11) is 0. The molecular weight excluding hydrogens is 270 g/mol. The van der Waals surface area contributed by atoms with Crippen molar-refractivity contribution in [2.24, 2.45) is 0 Å². The summed E-state index contributed by atoms with van der Waals surface area (Å²) < 4.78 is 1.58. The smallest absolute Gasteiger partial charge is 0.303 e. The van der Waals surface area contributed by atoms with Crippen LogP contribution in [0, 0.1) is 0 Å². The summed E-state index contributed by atoms with van der Waals surface area (Å²) in [5, 5.41) is 10.0. The van der Waals surface area contributed by atoms with E-state index in [9.17, 15) is 9.90 Å². The zero-order valence-electron chi connectivity index (χ0n) is 10.7. The minimum Gasteiger partial charge on any atom is -0.502 e. The van der Waals surface area contributed by atoms with Gasteiger partial charge in [-0.2, -0.15) is 0 Å². The molecule has 0 amide bonds.